The molecule has 3 aromatic carbocycles. The fraction of sp³-hybridized carbons (Fsp3) is 0.148. The van der Waals surface area contributed by atoms with E-state index in [1.54, 1.807) is 30.3 Å². The number of hydrogen-bond donors (Lipinski definition) is 1. The second-order valence-corrected chi connectivity index (χ2v) is 8.96. The molecule has 0 aliphatic carbocycles. The van der Waals surface area contributed by atoms with Crippen LogP contribution in [0.3, 0.4) is 0 Å². The molecule has 4 amide bonds. The van der Waals surface area contributed by atoms with E-state index in [1.165, 1.54) is 13.2 Å². The average molecular weight is 535 g/mol. The van der Waals surface area contributed by atoms with Crippen molar-refractivity contribution in [1.29, 1.82) is 0 Å². The van der Waals surface area contributed by atoms with Gasteiger partial charge < -0.3 is 9.47 Å². The number of carbonyl (C=O) groups excluding carboxylic acids is 3. The molecule has 0 spiro atoms. The largest absolute Gasteiger partial charge is 0.493 e. The van der Waals surface area contributed by atoms with Crippen LogP contribution in [-0.4, -0.2) is 25.0 Å². The van der Waals surface area contributed by atoms with Gasteiger partial charge in [-0.2, -0.15) is 0 Å². The predicted octanol–water partition coefficient (Wildman–Crippen LogP) is 5.32. The fourth-order valence-corrected chi connectivity index (χ4v) is 4.20. The zero-order valence-corrected chi connectivity index (χ0v) is 21.0. The van der Waals surface area contributed by atoms with Crippen molar-refractivity contribution >= 4 is 45.5 Å². The first-order valence-electron chi connectivity index (χ1n) is 10.8. The van der Waals surface area contributed by atoms with Crippen molar-refractivity contribution in [2.75, 3.05) is 12.0 Å². The maximum Gasteiger partial charge on any atom is 0.335 e. The number of benzene rings is 3. The normalized spacial score (nSPS) is 14.8. The summed E-state index contributed by atoms with van der Waals surface area (Å²) in [6, 6.07) is 17.5. The standard InChI is InChI=1S/C27H23BrN2O5/c1-16-7-9-18(10-8-16)15-35-24-22(28)13-19(14-23(24)34-3)12-21-25(31)29-27(33)30(26(21)32)20-6-4-5-17(2)11-20/h4-14H,15H2,1-3H3,(H,29,31,33)/b21-12+. The number of hydrogen-bond acceptors (Lipinski definition) is 5. The zero-order valence-electron chi connectivity index (χ0n) is 19.4. The highest BCUT2D eigenvalue weighted by atomic mass is 79.9. The molecular weight excluding hydrogens is 512 g/mol. The molecule has 7 nitrogen and oxygen atoms in total. The van der Waals surface area contributed by atoms with Gasteiger partial charge in [-0.15, -0.1) is 0 Å². The SMILES string of the molecule is COc1cc(/C=C2\C(=O)NC(=O)N(c3cccc(C)c3)C2=O)cc(Br)c1OCc1ccc(C)cc1. The summed E-state index contributed by atoms with van der Waals surface area (Å²) in [6.07, 6.45) is 1.42. The van der Waals surface area contributed by atoms with E-state index in [1.807, 2.05) is 44.2 Å². The summed E-state index contributed by atoms with van der Waals surface area (Å²) < 4.78 is 12.1. The monoisotopic (exact) mass is 534 g/mol. The van der Waals surface area contributed by atoms with Crippen LogP contribution in [0.2, 0.25) is 0 Å². The van der Waals surface area contributed by atoms with Crippen molar-refractivity contribution in [2.24, 2.45) is 0 Å². The van der Waals surface area contributed by atoms with Gasteiger partial charge in [-0.25, -0.2) is 9.69 Å². The van der Waals surface area contributed by atoms with Crippen molar-refractivity contribution in [3.8, 4) is 11.5 Å². The Hall–Kier alpha value is -3.91. The molecule has 1 saturated heterocycles. The zero-order chi connectivity index (χ0) is 25.1. The summed E-state index contributed by atoms with van der Waals surface area (Å²) in [5, 5.41) is 2.24. The van der Waals surface area contributed by atoms with Gasteiger partial charge >= 0.3 is 6.03 Å². The Bertz CT molecular complexity index is 1350. The number of methoxy groups -OCH3 is 1. The lowest BCUT2D eigenvalue weighted by Gasteiger charge is -2.26. The van der Waals surface area contributed by atoms with Gasteiger partial charge in [-0.05, 0) is 76.8 Å². The van der Waals surface area contributed by atoms with Gasteiger partial charge in [0.2, 0.25) is 0 Å². The Morgan fingerprint density at radius 2 is 1.71 bits per heavy atom. The summed E-state index contributed by atoms with van der Waals surface area (Å²) in [7, 11) is 1.51. The molecule has 0 saturated carbocycles. The number of imide groups is 2. The number of aryl methyl sites for hydroxylation is 2. The number of halogens is 1. The minimum Gasteiger partial charge on any atom is -0.493 e. The maximum absolute atomic E-state index is 13.2. The molecule has 1 heterocycles. The van der Waals surface area contributed by atoms with E-state index in [2.05, 4.69) is 21.2 Å². The van der Waals surface area contributed by atoms with Crippen LogP contribution in [0.5, 0.6) is 11.5 Å². The van der Waals surface area contributed by atoms with Gasteiger partial charge in [0, 0.05) is 0 Å². The van der Waals surface area contributed by atoms with Crippen molar-refractivity contribution in [3.05, 3.63) is 93.0 Å². The molecule has 0 bridgehead atoms. The third kappa shape index (κ3) is 5.27. The van der Waals surface area contributed by atoms with E-state index in [0.29, 0.717) is 33.8 Å². The molecule has 3 aromatic rings. The quantitative estimate of drug-likeness (QED) is 0.341. The van der Waals surface area contributed by atoms with Crippen molar-refractivity contribution in [2.45, 2.75) is 20.5 Å². The number of amides is 4. The Labute approximate surface area is 211 Å². The summed E-state index contributed by atoms with van der Waals surface area (Å²) >= 11 is 3.50. The molecule has 1 aliphatic heterocycles. The van der Waals surface area contributed by atoms with Crippen molar-refractivity contribution in [3.63, 3.8) is 0 Å². The molecule has 0 aromatic heterocycles. The number of carbonyl (C=O) groups is 3. The predicted molar refractivity (Wildman–Crippen MR) is 136 cm³/mol. The Morgan fingerprint density at radius 1 is 0.971 bits per heavy atom. The summed E-state index contributed by atoms with van der Waals surface area (Å²) in [6.45, 7) is 4.21. The van der Waals surface area contributed by atoms with Gasteiger partial charge in [0.15, 0.2) is 11.5 Å². The van der Waals surface area contributed by atoms with Crippen LogP contribution in [0, 0.1) is 13.8 Å². The van der Waals surface area contributed by atoms with E-state index in [4.69, 9.17) is 9.47 Å². The number of ether oxygens (including phenoxy) is 2. The number of nitrogens with zero attached hydrogens (tertiary/aromatic N) is 1. The maximum atomic E-state index is 13.2. The summed E-state index contributed by atoms with van der Waals surface area (Å²) in [4.78, 5) is 39.1. The van der Waals surface area contributed by atoms with E-state index in [9.17, 15) is 14.4 Å². The molecule has 35 heavy (non-hydrogen) atoms. The molecule has 178 valence electrons. The van der Waals surface area contributed by atoms with Crippen LogP contribution >= 0.6 is 15.9 Å². The minimum atomic E-state index is -0.790. The first kappa shape index (κ1) is 24.2. The molecule has 0 atom stereocenters. The van der Waals surface area contributed by atoms with Gasteiger partial charge in [-0.3, -0.25) is 14.9 Å². The topological polar surface area (TPSA) is 84.9 Å². The number of rotatable bonds is 6. The van der Waals surface area contributed by atoms with Crippen LogP contribution in [0.1, 0.15) is 22.3 Å². The molecule has 0 unspecified atom stereocenters. The van der Waals surface area contributed by atoms with E-state index < -0.39 is 17.8 Å². The Balaban J connectivity index is 1.64. The number of nitrogens with one attached hydrogen (secondary N) is 1. The van der Waals surface area contributed by atoms with Gasteiger partial charge in [0.1, 0.15) is 12.2 Å². The molecule has 4 rings (SSSR count). The number of urea groups is 1. The second-order valence-electron chi connectivity index (χ2n) is 8.11. The summed E-state index contributed by atoms with van der Waals surface area (Å²) in [5.41, 5.74) is 3.77. The van der Waals surface area contributed by atoms with Gasteiger partial charge in [0.05, 0.1) is 17.3 Å². The van der Waals surface area contributed by atoms with Crippen LogP contribution in [-0.2, 0) is 16.2 Å². The van der Waals surface area contributed by atoms with Crippen LogP contribution in [0.4, 0.5) is 10.5 Å². The lowest BCUT2D eigenvalue weighted by Crippen LogP contribution is -2.54. The smallest absolute Gasteiger partial charge is 0.335 e. The van der Waals surface area contributed by atoms with Gasteiger partial charge in [-0.1, -0.05) is 42.0 Å². The molecule has 1 N–H and O–H groups in total. The number of barbiturate groups is 1. The van der Waals surface area contributed by atoms with Crippen molar-refractivity contribution in [1.82, 2.24) is 5.32 Å². The highest BCUT2D eigenvalue weighted by molar-refractivity contribution is 9.10. The Kier molecular flexibility index (Phi) is 7.02. The molecular formula is C27H23BrN2O5. The van der Waals surface area contributed by atoms with E-state index in [-0.39, 0.29) is 5.57 Å². The lowest BCUT2D eigenvalue weighted by atomic mass is 10.1. The molecule has 8 heteroatoms. The minimum absolute atomic E-state index is 0.173. The van der Waals surface area contributed by atoms with Crippen LogP contribution < -0.4 is 19.7 Å². The highest BCUT2D eigenvalue weighted by Gasteiger charge is 2.36. The number of anilines is 1. The second kappa shape index (κ2) is 10.1. The van der Waals surface area contributed by atoms with Gasteiger partial charge in [0.25, 0.3) is 11.8 Å². The first-order chi connectivity index (χ1) is 16.8. The molecule has 1 aliphatic rings. The van der Waals surface area contributed by atoms with E-state index in [0.717, 1.165) is 21.6 Å². The average Bonchev–Trinajstić information content (AvgIpc) is 2.82. The highest BCUT2D eigenvalue weighted by Crippen LogP contribution is 2.38. The lowest BCUT2D eigenvalue weighted by molar-refractivity contribution is -0.122. The Morgan fingerprint density at radius 3 is 2.40 bits per heavy atom. The van der Waals surface area contributed by atoms with Crippen LogP contribution in [0.25, 0.3) is 6.08 Å². The van der Waals surface area contributed by atoms with E-state index >= 15 is 0 Å². The third-order valence-corrected chi connectivity index (χ3v) is 6.02. The first-order valence-corrected chi connectivity index (χ1v) is 11.6. The third-order valence-electron chi connectivity index (χ3n) is 5.43. The summed E-state index contributed by atoms with van der Waals surface area (Å²) in [5.74, 6) is -0.558. The van der Waals surface area contributed by atoms with Crippen molar-refractivity contribution < 1.29 is 23.9 Å². The molecule has 0 radical (unpaired) electrons. The van der Waals surface area contributed by atoms with Crippen LogP contribution in [0.15, 0.2) is 70.7 Å². The molecule has 1 fully saturated rings. The fourth-order valence-electron chi connectivity index (χ4n) is 3.63.